The van der Waals surface area contributed by atoms with Gasteiger partial charge in [0.05, 0.1) is 12.6 Å². The first-order valence-electron chi connectivity index (χ1n) is 7.36. The van der Waals surface area contributed by atoms with Crippen molar-refractivity contribution in [3.05, 3.63) is 46.0 Å². The van der Waals surface area contributed by atoms with E-state index in [1.807, 2.05) is 24.3 Å². The summed E-state index contributed by atoms with van der Waals surface area (Å²) in [6, 6.07) is 8.99. The molecule has 3 heterocycles. The fraction of sp³-hybridized carbons (Fsp3) is 0.500. The first-order chi connectivity index (χ1) is 9.83. The minimum Gasteiger partial charge on any atom is -0.465 e. The van der Waals surface area contributed by atoms with E-state index in [2.05, 4.69) is 33.8 Å². The average molecular weight is 290 g/mol. The van der Waals surface area contributed by atoms with Crippen LogP contribution in [0.5, 0.6) is 0 Å². The van der Waals surface area contributed by atoms with Crippen molar-refractivity contribution in [2.45, 2.75) is 32.4 Å². The molecule has 1 aliphatic rings. The smallest absolute Gasteiger partial charge is 0.117 e. The van der Waals surface area contributed by atoms with Gasteiger partial charge in [0.25, 0.3) is 0 Å². The number of rotatable bonds is 6. The first kappa shape index (κ1) is 13.9. The van der Waals surface area contributed by atoms with Crippen LogP contribution in [0.2, 0.25) is 0 Å². The van der Waals surface area contributed by atoms with E-state index >= 15 is 0 Å². The van der Waals surface area contributed by atoms with Crippen LogP contribution in [0.4, 0.5) is 0 Å². The molecule has 1 atom stereocenters. The molecular formula is C16H22N2OS. The summed E-state index contributed by atoms with van der Waals surface area (Å²) in [5.41, 5.74) is 0. The fourth-order valence-electron chi connectivity index (χ4n) is 2.86. The van der Waals surface area contributed by atoms with Crippen molar-refractivity contribution in [1.29, 1.82) is 0 Å². The van der Waals surface area contributed by atoms with Crippen LogP contribution in [0.25, 0.3) is 0 Å². The van der Waals surface area contributed by atoms with Gasteiger partial charge in [-0.25, -0.2) is 0 Å². The molecular weight excluding hydrogens is 268 g/mol. The predicted molar refractivity (Wildman–Crippen MR) is 83.0 cm³/mol. The summed E-state index contributed by atoms with van der Waals surface area (Å²) in [5, 5.41) is 5.73. The average Bonchev–Trinajstić information content (AvgIpc) is 3.18. The lowest BCUT2D eigenvalue weighted by Crippen LogP contribution is -2.33. The van der Waals surface area contributed by atoms with Gasteiger partial charge in [0.2, 0.25) is 0 Å². The molecule has 4 heteroatoms. The maximum absolute atomic E-state index is 5.61. The number of aryl methyl sites for hydroxylation is 1. The van der Waals surface area contributed by atoms with E-state index in [1.165, 1.54) is 30.8 Å². The Kier molecular flexibility index (Phi) is 4.55. The zero-order chi connectivity index (χ0) is 13.8. The van der Waals surface area contributed by atoms with Crippen molar-refractivity contribution < 1.29 is 4.42 Å². The van der Waals surface area contributed by atoms with Crippen molar-refractivity contribution in [2.24, 2.45) is 0 Å². The Bertz CT molecular complexity index is 514. The van der Waals surface area contributed by atoms with Crippen LogP contribution in [-0.4, -0.2) is 24.5 Å². The van der Waals surface area contributed by atoms with Crippen LogP contribution in [-0.2, 0) is 6.54 Å². The number of thiophene rings is 1. The van der Waals surface area contributed by atoms with Gasteiger partial charge in [-0.1, -0.05) is 6.07 Å². The first-order valence-corrected chi connectivity index (χ1v) is 8.24. The van der Waals surface area contributed by atoms with Crippen LogP contribution < -0.4 is 5.32 Å². The quantitative estimate of drug-likeness (QED) is 0.881. The number of likely N-dealkylation sites (tertiary alicyclic amines) is 1. The molecule has 0 saturated carbocycles. The van der Waals surface area contributed by atoms with Crippen LogP contribution in [0.15, 0.2) is 34.1 Å². The molecule has 108 valence electrons. The molecule has 0 radical (unpaired) electrons. The highest BCUT2D eigenvalue weighted by molar-refractivity contribution is 7.10. The third-order valence-corrected chi connectivity index (χ3v) is 4.86. The highest BCUT2D eigenvalue weighted by Crippen LogP contribution is 2.27. The lowest BCUT2D eigenvalue weighted by Gasteiger charge is -2.26. The summed E-state index contributed by atoms with van der Waals surface area (Å²) >= 11 is 1.86. The predicted octanol–water partition coefficient (Wildman–Crippen LogP) is 3.58. The number of nitrogens with one attached hydrogen (secondary N) is 1. The minimum atomic E-state index is 0.508. The van der Waals surface area contributed by atoms with Gasteiger partial charge in [0.1, 0.15) is 11.5 Å². The van der Waals surface area contributed by atoms with Gasteiger partial charge in [-0.3, -0.25) is 4.90 Å². The molecule has 3 nitrogen and oxygen atoms in total. The molecule has 0 aromatic carbocycles. The summed E-state index contributed by atoms with van der Waals surface area (Å²) < 4.78 is 5.61. The maximum atomic E-state index is 5.61. The minimum absolute atomic E-state index is 0.508. The largest absolute Gasteiger partial charge is 0.465 e. The molecule has 1 fully saturated rings. The zero-order valence-electron chi connectivity index (χ0n) is 12.0. The third-order valence-electron chi connectivity index (χ3n) is 3.89. The van der Waals surface area contributed by atoms with Crippen LogP contribution in [0.3, 0.4) is 0 Å². The van der Waals surface area contributed by atoms with Crippen LogP contribution in [0, 0.1) is 6.92 Å². The Morgan fingerprint density at radius 3 is 2.80 bits per heavy atom. The zero-order valence-corrected chi connectivity index (χ0v) is 12.8. The molecule has 1 unspecified atom stereocenters. The van der Waals surface area contributed by atoms with Gasteiger partial charge in [-0.05, 0) is 56.4 Å². The van der Waals surface area contributed by atoms with Gasteiger partial charge in [-0.15, -0.1) is 11.3 Å². The molecule has 0 aliphatic carbocycles. The maximum Gasteiger partial charge on any atom is 0.117 e. The van der Waals surface area contributed by atoms with E-state index < -0.39 is 0 Å². The summed E-state index contributed by atoms with van der Waals surface area (Å²) in [6.45, 7) is 6.24. The number of nitrogens with zero attached hydrogens (tertiary/aromatic N) is 1. The van der Waals surface area contributed by atoms with Crippen molar-refractivity contribution in [2.75, 3.05) is 19.6 Å². The topological polar surface area (TPSA) is 28.4 Å². The van der Waals surface area contributed by atoms with E-state index in [0.29, 0.717) is 6.04 Å². The SMILES string of the molecule is Cc1ccc(CNCC(c2cccs2)N2CCCC2)o1. The standard InChI is InChI=1S/C16H22N2OS/c1-13-6-7-14(19-13)11-17-12-15(16-5-4-10-20-16)18-8-2-3-9-18/h4-7,10,15,17H,2-3,8-9,11-12H2,1H3. The van der Waals surface area contributed by atoms with Gasteiger partial charge in [0, 0.05) is 11.4 Å². The summed E-state index contributed by atoms with van der Waals surface area (Å²) in [5.74, 6) is 2.00. The number of hydrogen-bond acceptors (Lipinski definition) is 4. The van der Waals surface area contributed by atoms with Gasteiger partial charge < -0.3 is 9.73 Å². The molecule has 2 aromatic rings. The van der Waals surface area contributed by atoms with E-state index in [1.54, 1.807) is 0 Å². The van der Waals surface area contributed by atoms with Gasteiger partial charge in [0.15, 0.2) is 0 Å². The van der Waals surface area contributed by atoms with E-state index in [-0.39, 0.29) is 0 Å². The molecule has 3 rings (SSSR count). The summed E-state index contributed by atoms with van der Waals surface area (Å²) in [4.78, 5) is 4.07. The van der Waals surface area contributed by atoms with Crippen LogP contribution >= 0.6 is 11.3 Å². The van der Waals surface area contributed by atoms with Crippen molar-refractivity contribution in [1.82, 2.24) is 10.2 Å². The van der Waals surface area contributed by atoms with E-state index in [9.17, 15) is 0 Å². The normalized spacial score (nSPS) is 17.6. The Labute approximate surface area is 124 Å². The second-order valence-electron chi connectivity index (χ2n) is 5.42. The Hall–Kier alpha value is -1.10. The third kappa shape index (κ3) is 3.32. The van der Waals surface area contributed by atoms with E-state index in [4.69, 9.17) is 4.42 Å². The number of furan rings is 1. The fourth-order valence-corrected chi connectivity index (χ4v) is 3.72. The monoisotopic (exact) mass is 290 g/mol. The van der Waals surface area contributed by atoms with Crippen molar-refractivity contribution in [3.8, 4) is 0 Å². The van der Waals surface area contributed by atoms with Gasteiger partial charge >= 0.3 is 0 Å². The Balaban J connectivity index is 1.58. The molecule has 1 aliphatic heterocycles. The Morgan fingerprint density at radius 1 is 1.30 bits per heavy atom. The number of hydrogen-bond donors (Lipinski definition) is 1. The lowest BCUT2D eigenvalue weighted by atomic mass is 10.2. The van der Waals surface area contributed by atoms with Crippen molar-refractivity contribution in [3.63, 3.8) is 0 Å². The molecule has 1 N–H and O–H groups in total. The summed E-state index contributed by atoms with van der Waals surface area (Å²) in [7, 11) is 0. The lowest BCUT2D eigenvalue weighted by molar-refractivity contribution is 0.240. The molecule has 20 heavy (non-hydrogen) atoms. The van der Waals surface area contributed by atoms with E-state index in [0.717, 1.165) is 24.6 Å². The molecule has 1 saturated heterocycles. The van der Waals surface area contributed by atoms with Crippen LogP contribution in [0.1, 0.15) is 35.3 Å². The molecule has 0 bridgehead atoms. The second kappa shape index (κ2) is 6.57. The summed E-state index contributed by atoms with van der Waals surface area (Å²) in [6.07, 6.45) is 2.67. The highest BCUT2D eigenvalue weighted by Gasteiger charge is 2.23. The molecule has 2 aromatic heterocycles. The van der Waals surface area contributed by atoms with Gasteiger partial charge in [-0.2, -0.15) is 0 Å². The molecule has 0 spiro atoms. The highest BCUT2D eigenvalue weighted by atomic mass is 32.1. The second-order valence-corrected chi connectivity index (χ2v) is 6.40. The Morgan fingerprint density at radius 2 is 2.15 bits per heavy atom. The van der Waals surface area contributed by atoms with Crippen molar-refractivity contribution >= 4 is 11.3 Å². The molecule has 0 amide bonds.